The molecule has 0 aromatic carbocycles. The van der Waals surface area contributed by atoms with Gasteiger partial charge in [-0.15, -0.1) is 0 Å². The van der Waals surface area contributed by atoms with Gasteiger partial charge in [0.2, 0.25) is 5.78 Å². The largest absolute Gasteiger partial charge is 0.329 e. The van der Waals surface area contributed by atoms with Crippen LogP contribution in [0, 0.1) is 20.8 Å². The second-order valence-electron chi connectivity index (χ2n) is 6.94. The van der Waals surface area contributed by atoms with E-state index in [1.807, 2.05) is 13.0 Å². The number of H-pyrrole nitrogens is 1. The number of nitrogens with one attached hydrogen (secondary N) is 1. The van der Waals surface area contributed by atoms with Gasteiger partial charge in [-0.25, -0.2) is 9.78 Å². The summed E-state index contributed by atoms with van der Waals surface area (Å²) in [5, 5.41) is 0.476. The zero-order valence-electron chi connectivity index (χ0n) is 16.7. The standard InChI is InChI=1S/C21H21ClN4O3/c1-5-16-18(19(27)17-7-11(2)6-12(3)24-17)26(21(29)25-20(16)28)10-15-9-14(22)8-13(4)23-15/h6-9H,5,10H2,1-4H3,(H,25,28,29). The first-order valence-electron chi connectivity index (χ1n) is 9.18. The third kappa shape index (κ3) is 4.35. The molecule has 150 valence electrons. The van der Waals surface area contributed by atoms with E-state index in [0.717, 1.165) is 5.56 Å². The topological polar surface area (TPSA) is 97.7 Å². The van der Waals surface area contributed by atoms with E-state index in [9.17, 15) is 14.4 Å². The maximum atomic E-state index is 13.4. The Balaban J connectivity index is 2.25. The summed E-state index contributed by atoms with van der Waals surface area (Å²) in [5.74, 6) is -0.476. The molecule has 0 fully saturated rings. The Hall–Kier alpha value is -3.06. The molecule has 0 spiro atoms. The fourth-order valence-electron chi connectivity index (χ4n) is 3.36. The van der Waals surface area contributed by atoms with Crippen molar-refractivity contribution in [2.75, 3.05) is 0 Å². The number of aromatic nitrogens is 4. The van der Waals surface area contributed by atoms with Crippen LogP contribution in [-0.2, 0) is 13.0 Å². The number of ketones is 1. The molecule has 3 aromatic heterocycles. The molecule has 0 unspecified atom stereocenters. The zero-order valence-corrected chi connectivity index (χ0v) is 17.4. The molecule has 7 nitrogen and oxygen atoms in total. The van der Waals surface area contributed by atoms with Crippen LogP contribution in [0.25, 0.3) is 0 Å². The molecule has 0 radical (unpaired) electrons. The Morgan fingerprint density at radius 3 is 2.38 bits per heavy atom. The lowest BCUT2D eigenvalue weighted by Crippen LogP contribution is -2.38. The predicted molar refractivity (Wildman–Crippen MR) is 111 cm³/mol. The average molecular weight is 413 g/mol. The minimum Gasteiger partial charge on any atom is -0.285 e. The number of hydrogen-bond donors (Lipinski definition) is 1. The van der Waals surface area contributed by atoms with Crippen molar-refractivity contribution in [3.05, 3.63) is 89.7 Å². The van der Waals surface area contributed by atoms with Crippen LogP contribution in [0.3, 0.4) is 0 Å². The second-order valence-corrected chi connectivity index (χ2v) is 7.38. The smallest absolute Gasteiger partial charge is 0.285 e. The highest BCUT2D eigenvalue weighted by molar-refractivity contribution is 6.30. The van der Waals surface area contributed by atoms with Gasteiger partial charge >= 0.3 is 5.69 Å². The van der Waals surface area contributed by atoms with E-state index >= 15 is 0 Å². The number of nitrogens with zero attached hydrogens (tertiary/aromatic N) is 3. The Kier molecular flexibility index (Phi) is 5.79. The van der Waals surface area contributed by atoms with Gasteiger partial charge in [0.25, 0.3) is 5.56 Å². The van der Waals surface area contributed by atoms with Gasteiger partial charge in [0, 0.05) is 22.0 Å². The number of carbonyl (C=O) groups is 1. The first-order chi connectivity index (χ1) is 13.7. The normalized spacial score (nSPS) is 10.9. The van der Waals surface area contributed by atoms with E-state index in [1.165, 1.54) is 4.57 Å². The van der Waals surface area contributed by atoms with Gasteiger partial charge in [0.1, 0.15) is 11.4 Å². The van der Waals surface area contributed by atoms with Gasteiger partial charge in [-0.05, 0) is 57.0 Å². The summed E-state index contributed by atoms with van der Waals surface area (Å²) in [6, 6.07) is 6.82. The van der Waals surface area contributed by atoms with Crippen molar-refractivity contribution in [1.29, 1.82) is 0 Å². The van der Waals surface area contributed by atoms with E-state index in [4.69, 9.17) is 11.6 Å². The van der Waals surface area contributed by atoms with Crippen LogP contribution in [0.2, 0.25) is 5.02 Å². The van der Waals surface area contributed by atoms with E-state index in [1.54, 1.807) is 39.0 Å². The van der Waals surface area contributed by atoms with Crippen LogP contribution in [0.5, 0.6) is 0 Å². The second kappa shape index (κ2) is 8.13. The fraction of sp³-hybridized carbons (Fsp3) is 0.286. The molecule has 0 amide bonds. The summed E-state index contributed by atoms with van der Waals surface area (Å²) in [6.45, 7) is 7.18. The van der Waals surface area contributed by atoms with Crippen molar-refractivity contribution >= 4 is 17.4 Å². The first kappa shape index (κ1) is 20.7. The summed E-state index contributed by atoms with van der Waals surface area (Å²) in [4.78, 5) is 49.4. The van der Waals surface area contributed by atoms with E-state index in [2.05, 4.69) is 15.0 Å². The Morgan fingerprint density at radius 1 is 1.07 bits per heavy atom. The van der Waals surface area contributed by atoms with Gasteiger partial charge in [-0.3, -0.25) is 24.1 Å². The van der Waals surface area contributed by atoms with Crippen LogP contribution >= 0.6 is 11.6 Å². The van der Waals surface area contributed by atoms with Crippen LogP contribution in [0.1, 0.15) is 51.3 Å². The number of hydrogen-bond acceptors (Lipinski definition) is 5. The molecule has 29 heavy (non-hydrogen) atoms. The lowest BCUT2D eigenvalue weighted by atomic mass is 10.0. The van der Waals surface area contributed by atoms with Gasteiger partial charge in [-0.1, -0.05) is 18.5 Å². The molecule has 1 N–H and O–H groups in total. The summed E-state index contributed by atoms with van der Waals surface area (Å²) in [5.41, 5.74) is 1.93. The van der Waals surface area contributed by atoms with Gasteiger partial charge in [-0.2, -0.15) is 0 Å². The first-order valence-corrected chi connectivity index (χ1v) is 9.56. The number of carbonyl (C=O) groups excluding carboxylic acids is 1. The van der Waals surface area contributed by atoms with Crippen LogP contribution < -0.4 is 11.2 Å². The van der Waals surface area contributed by atoms with Gasteiger partial charge in [0.05, 0.1) is 12.2 Å². The van der Waals surface area contributed by atoms with Gasteiger partial charge in [0.15, 0.2) is 0 Å². The molecule has 0 bridgehead atoms. The van der Waals surface area contributed by atoms with E-state index in [0.29, 0.717) is 22.1 Å². The summed E-state index contributed by atoms with van der Waals surface area (Å²) < 4.78 is 1.24. The quantitative estimate of drug-likeness (QED) is 0.650. The Bertz CT molecular complexity index is 1190. The Labute approximate surface area is 172 Å². The highest BCUT2D eigenvalue weighted by Gasteiger charge is 2.23. The van der Waals surface area contributed by atoms with Crippen molar-refractivity contribution in [1.82, 2.24) is 19.5 Å². The van der Waals surface area contributed by atoms with E-state index < -0.39 is 17.0 Å². The minimum atomic E-state index is -0.681. The third-order valence-corrected chi connectivity index (χ3v) is 4.70. The van der Waals surface area contributed by atoms with Crippen LogP contribution in [-0.4, -0.2) is 25.3 Å². The van der Waals surface area contributed by atoms with Crippen molar-refractivity contribution in [2.45, 2.75) is 40.7 Å². The minimum absolute atomic E-state index is 0.00408. The molecule has 0 aliphatic rings. The third-order valence-electron chi connectivity index (χ3n) is 4.49. The molecular formula is C21H21ClN4O3. The summed E-state index contributed by atoms with van der Waals surface area (Å²) >= 11 is 6.11. The summed E-state index contributed by atoms with van der Waals surface area (Å²) in [7, 11) is 0. The number of rotatable bonds is 5. The molecule has 0 aliphatic carbocycles. The monoisotopic (exact) mass is 412 g/mol. The lowest BCUT2D eigenvalue weighted by Gasteiger charge is -2.15. The number of aromatic amines is 1. The van der Waals surface area contributed by atoms with Crippen molar-refractivity contribution < 1.29 is 4.79 Å². The van der Waals surface area contributed by atoms with Crippen LogP contribution in [0.4, 0.5) is 0 Å². The molecule has 3 rings (SSSR count). The van der Waals surface area contributed by atoms with Crippen molar-refractivity contribution in [3.8, 4) is 0 Å². The van der Waals surface area contributed by atoms with Crippen molar-refractivity contribution in [3.63, 3.8) is 0 Å². The molecule has 0 saturated heterocycles. The van der Waals surface area contributed by atoms with Crippen LogP contribution in [0.15, 0.2) is 33.9 Å². The highest BCUT2D eigenvalue weighted by atomic mass is 35.5. The molecular weight excluding hydrogens is 392 g/mol. The number of halogens is 1. The van der Waals surface area contributed by atoms with Crippen molar-refractivity contribution in [2.24, 2.45) is 0 Å². The SMILES string of the molecule is CCc1c(C(=O)c2cc(C)cc(C)n2)n(Cc2cc(Cl)cc(C)n2)c(=O)[nH]c1=O. The van der Waals surface area contributed by atoms with Gasteiger partial charge < -0.3 is 0 Å². The fourth-order valence-corrected chi connectivity index (χ4v) is 3.65. The number of aryl methyl sites for hydroxylation is 3. The number of pyridine rings is 2. The maximum Gasteiger partial charge on any atom is 0.329 e. The molecule has 0 saturated carbocycles. The molecule has 8 heteroatoms. The molecule has 0 aliphatic heterocycles. The Morgan fingerprint density at radius 2 is 1.76 bits per heavy atom. The zero-order chi connectivity index (χ0) is 21.3. The summed E-state index contributed by atoms with van der Waals surface area (Å²) in [6.07, 6.45) is 0.281. The molecule has 3 heterocycles. The molecule has 3 aromatic rings. The molecule has 0 atom stereocenters. The highest BCUT2D eigenvalue weighted by Crippen LogP contribution is 2.16. The lowest BCUT2D eigenvalue weighted by molar-refractivity contribution is 0.102. The average Bonchev–Trinajstić information content (AvgIpc) is 2.61. The maximum absolute atomic E-state index is 13.4. The van der Waals surface area contributed by atoms with E-state index in [-0.39, 0.29) is 29.9 Å². The predicted octanol–water partition coefficient (Wildman–Crippen LogP) is 2.75.